The van der Waals surface area contributed by atoms with Crippen LogP contribution in [0.2, 0.25) is 5.02 Å². The van der Waals surface area contributed by atoms with Gasteiger partial charge in [0.25, 0.3) is 5.91 Å². The first-order valence-corrected chi connectivity index (χ1v) is 8.22. The SMILES string of the molecule is COc1cc(C=CC(=O)OCC(=O)Nc2ncc(C(F)(F)F)cc2Cl)ccc1O. The van der Waals surface area contributed by atoms with Crippen molar-refractivity contribution >= 4 is 35.4 Å². The molecule has 0 aliphatic carbocycles. The number of ether oxygens (including phenoxy) is 2. The Bertz CT molecular complexity index is 948. The lowest BCUT2D eigenvalue weighted by Gasteiger charge is -2.10. The lowest BCUT2D eigenvalue weighted by Crippen LogP contribution is -2.21. The number of alkyl halides is 3. The Morgan fingerprint density at radius 3 is 2.66 bits per heavy atom. The predicted octanol–water partition coefficient (Wildman–Crippen LogP) is 3.66. The lowest BCUT2D eigenvalue weighted by atomic mass is 10.2. The van der Waals surface area contributed by atoms with E-state index >= 15 is 0 Å². The summed E-state index contributed by atoms with van der Waals surface area (Å²) >= 11 is 5.67. The van der Waals surface area contributed by atoms with Crippen LogP contribution in [0.1, 0.15) is 11.1 Å². The molecule has 0 bridgehead atoms. The molecule has 0 aliphatic heterocycles. The maximum absolute atomic E-state index is 12.6. The molecule has 0 spiro atoms. The number of phenols is 1. The van der Waals surface area contributed by atoms with Crippen molar-refractivity contribution < 1.29 is 37.3 Å². The number of nitrogens with zero attached hydrogens (tertiary/aromatic N) is 1. The van der Waals surface area contributed by atoms with Crippen molar-refractivity contribution in [3.63, 3.8) is 0 Å². The van der Waals surface area contributed by atoms with E-state index in [1.807, 2.05) is 0 Å². The Hall–Kier alpha value is -3.27. The molecule has 0 saturated heterocycles. The number of rotatable bonds is 6. The normalized spacial score (nSPS) is 11.3. The third kappa shape index (κ3) is 6.39. The zero-order valence-corrected chi connectivity index (χ0v) is 15.5. The second-order valence-electron chi connectivity index (χ2n) is 5.47. The zero-order valence-electron chi connectivity index (χ0n) is 14.8. The van der Waals surface area contributed by atoms with Gasteiger partial charge < -0.3 is 19.9 Å². The fraction of sp³-hybridized carbons (Fsp3) is 0.167. The first-order chi connectivity index (χ1) is 13.6. The lowest BCUT2D eigenvalue weighted by molar-refractivity contribution is -0.142. The van der Waals surface area contributed by atoms with E-state index in [0.717, 1.165) is 6.08 Å². The van der Waals surface area contributed by atoms with Gasteiger partial charge in [-0.3, -0.25) is 4.79 Å². The highest BCUT2D eigenvalue weighted by molar-refractivity contribution is 6.33. The van der Waals surface area contributed by atoms with Crippen LogP contribution in [0.5, 0.6) is 11.5 Å². The van der Waals surface area contributed by atoms with Gasteiger partial charge in [0, 0.05) is 12.3 Å². The van der Waals surface area contributed by atoms with Crippen molar-refractivity contribution in [2.75, 3.05) is 19.0 Å². The number of nitrogens with one attached hydrogen (secondary N) is 1. The van der Waals surface area contributed by atoms with Crippen molar-refractivity contribution in [2.45, 2.75) is 6.18 Å². The third-order valence-corrected chi connectivity index (χ3v) is 3.68. The Morgan fingerprint density at radius 2 is 2.03 bits per heavy atom. The molecular formula is C18H14ClF3N2O5. The number of carbonyl (C=O) groups is 2. The second-order valence-corrected chi connectivity index (χ2v) is 5.88. The van der Waals surface area contributed by atoms with Gasteiger partial charge in [0.1, 0.15) is 0 Å². The standard InChI is InChI=1S/C18H14ClF3N2O5/c1-28-14-6-10(2-4-13(14)25)3-5-16(27)29-9-15(26)24-17-12(19)7-11(8-23-17)18(20,21)22/h2-8,25H,9H2,1H3,(H,23,24,26). The minimum absolute atomic E-state index is 0.0700. The molecule has 11 heteroatoms. The number of esters is 1. The van der Waals surface area contributed by atoms with E-state index in [-0.39, 0.29) is 17.3 Å². The van der Waals surface area contributed by atoms with E-state index in [1.165, 1.54) is 31.4 Å². The highest BCUT2D eigenvalue weighted by atomic mass is 35.5. The highest BCUT2D eigenvalue weighted by Gasteiger charge is 2.31. The van der Waals surface area contributed by atoms with Gasteiger partial charge in [-0.25, -0.2) is 9.78 Å². The molecule has 29 heavy (non-hydrogen) atoms. The number of benzene rings is 1. The molecule has 0 atom stereocenters. The summed E-state index contributed by atoms with van der Waals surface area (Å²) in [4.78, 5) is 26.9. The summed E-state index contributed by atoms with van der Waals surface area (Å²) in [5.41, 5.74) is -0.537. The first-order valence-electron chi connectivity index (χ1n) is 7.84. The fourth-order valence-corrected chi connectivity index (χ4v) is 2.21. The number of hydrogen-bond acceptors (Lipinski definition) is 6. The van der Waals surface area contributed by atoms with E-state index in [0.29, 0.717) is 17.8 Å². The molecule has 0 saturated carbocycles. The van der Waals surface area contributed by atoms with Crippen molar-refractivity contribution in [2.24, 2.45) is 0 Å². The van der Waals surface area contributed by atoms with Crippen LogP contribution in [0.3, 0.4) is 0 Å². The Balaban J connectivity index is 1.90. The summed E-state index contributed by atoms with van der Waals surface area (Å²) in [7, 11) is 1.37. The number of halogens is 4. The molecule has 0 aliphatic rings. The van der Waals surface area contributed by atoms with Gasteiger partial charge in [-0.05, 0) is 29.8 Å². The number of aromatic hydroxyl groups is 1. The summed E-state index contributed by atoms with van der Waals surface area (Å²) in [6.45, 7) is -0.707. The first kappa shape index (κ1) is 22.0. The van der Waals surface area contributed by atoms with E-state index < -0.39 is 35.2 Å². The van der Waals surface area contributed by atoms with Gasteiger partial charge in [0.2, 0.25) is 0 Å². The van der Waals surface area contributed by atoms with Gasteiger partial charge in [0.15, 0.2) is 23.9 Å². The molecule has 1 heterocycles. The number of amides is 1. The average molecular weight is 431 g/mol. The van der Waals surface area contributed by atoms with Crippen molar-refractivity contribution in [1.29, 1.82) is 0 Å². The number of phenolic OH excluding ortho intramolecular Hbond substituents is 1. The van der Waals surface area contributed by atoms with Gasteiger partial charge in [0.05, 0.1) is 17.7 Å². The van der Waals surface area contributed by atoms with Crippen LogP contribution in [0.15, 0.2) is 36.5 Å². The summed E-state index contributed by atoms with van der Waals surface area (Å²) in [5.74, 6) is -1.85. The van der Waals surface area contributed by atoms with E-state index in [2.05, 4.69) is 10.3 Å². The maximum Gasteiger partial charge on any atom is 0.417 e. The van der Waals surface area contributed by atoms with Gasteiger partial charge >= 0.3 is 12.1 Å². The second kappa shape index (κ2) is 9.28. The van der Waals surface area contributed by atoms with Crippen LogP contribution in [-0.4, -0.2) is 35.7 Å². The monoisotopic (exact) mass is 430 g/mol. The van der Waals surface area contributed by atoms with Gasteiger partial charge in [-0.2, -0.15) is 13.2 Å². The van der Waals surface area contributed by atoms with E-state index in [9.17, 15) is 27.9 Å². The number of methoxy groups -OCH3 is 1. The van der Waals surface area contributed by atoms with Crippen molar-refractivity contribution in [1.82, 2.24) is 4.98 Å². The molecular weight excluding hydrogens is 417 g/mol. The molecule has 7 nitrogen and oxygen atoms in total. The van der Waals surface area contributed by atoms with Crippen LogP contribution in [0.4, 0.5) is 19.0 Å². The Kier molecular flexibility index (Phi) is 7.05. The number of pyridine rings is 1. The van der Waals surface area contributed by atoms with Crippen LogP contribution in [0.25, 0.3) is 6.08 Å². The van der Waals surface area contributed by atoms with Gasteiger partial charge in [-0.15, -0.1) is 0 Å². The molecule has 154 valence electrons. The fourth-order valence-electron chi connectivity index (χ4n) is 2.00. The van der Waals surface area contributed by atoms with Crippen molar-refractivity contribution in [3.8, 4) is 11.5 Å². The molecule has 2 aromatic rings. The number of anilines is 1. The van der Waals surface area contributed by atoms with Crippen LogP contribution in [-0.2, 0) is 20.5 Å². The zero-order chi connectivity index (χ0) is 21.6. The topological polar surface area (TPSA) is 97.8 Å². The van der Waals surface area contributed by atoms with Crippen LogP contribution < -0.4 is 10.1 Å². The van der Waals surface area contributed by atoms with E-state index in [1.54, 1.807) is 0 Å². The molecule has 0 radical (unpaired) electrons. The van der Waals surface area contributed by atoms with Gasteiger partial charge in [-0.1, -0.05) is 17.7 Å². The minimum Gasteiger partial charge on any atom is -0.504 e. The number of carbonyl (C=O) groups excluding carboxylic acids is 2. The largest absolute Gasteiger partial charge is 0.504 e. The molecule has 2 rings (SSSR count). The highest BCUT2D eigenvalue weighted by Crippen LogP contribution is 2.32. The average Bonchev–Trinajstić information content (AvgIpc) is 2.66. The Labute approximate surface area is 167 Å². The summed E-state index contributed by atoms with van der Waals surface area (Å²) < 4.78 is 47.3. The Morgan fingerprint density at radius 1 is 1.31 bits per heavy atom. The van der Waals surface area contributed by atoms with Crippen molar-refractivity contribution in [3.05, 3.63) is 52.7 Å². The molecule has 1 amide bonds. The minimum atomic E-state index is -4.62. The molecule has 1 aromatic heterocycles. The predicted molar refractivity (Wildman–Crippen MR) is 97.5 cm³/mol. The summed E-state index contributed by atoms with van der Waals surface area (Å²) in [6.07, 6.45) is -1.69. The smallest absolute Gasteiger partial charge is 0.417 e. The molecule has 0 unspecified atom stereocenters. The van der Waals surface area contributed by atoms with Crippen LogP contribution >= 0.6 is 11.6 Å². The summed E-state index contributed by atoms with van der Waals surface area (Å²) in [6, 6.07) is 4.99. The van der Waals surface area contributed by atoms with E-state index in [4.69, 9.17) is 21.1 Å². The maximum atomic E-state index is 12.6. The summed E-state index contributed by atoms with van der Waals surface area (Å²) in [5, 5.41) is 11.2. The number of hydrogen-bond donors (Lipinski definition) is 2. The quantitative estimate of drug-likeness (QED) is 0.536. The number of aromatic nitrogens is 1. The molecule has 0 fully saturated rings. The molecule has 1 aromatic carbocycles. The molecule has 2 N–H and O–H groups in total. The van der Waals surface area contributed by atoms with Crippen LogP contribution in [0, 0.1) is 0 Å². The third-order valence-electron chi connectivity index (χ3n) is 3.39.